The molecular weight excluding hydrogens is 362 g/mol. The number of sulfonamides is 1. The van der Waals surface area contributed by atoms with Gasteiger partial charge in [0.05, 0.1) is 11.4 Å². The Labute approximate surface area is 152 Å². The Morgan fingerprint density at radius 2 is 1.88 bits per heavy atom. The van der Waals surface area contributed by atoms with Crippen molar-refractivity contribution in [2.75, 3.05) is 25.0 Å². The number of aliphatic carboxylic acids is 1. The van der Waals surface area contributed by atoms with Crippen LogP contribution in [0.15, 0.2) is 29.2 Å². The summed E-state index contributed by atoms with van der Waals surface area (Å²) in [4.78, 5) is 22.7. The van der Waals surface area contributed by atoms with Gasteiger partial charge in [0.15, 0.2) is 5.60 Å². The predicted molar refractivity (Wildman–Crippen MR) is 94.3 cm³/mol. The van der Waals surface area contributed by atoms with Gasteiger partial charge in [-0.3, -0.25) is 0 Å². The lowest BCUT2D eigenvalue weighted by Crippen LogP contribution is -2.47. The Balaban J connectivity index is 2.04. The van der Waals surface area contributed by atoms with E-state index in [0.717, 1.165) is 26.2 Å². The van der Waals surface area contributed by atoms with E-state index in [9.17, 15) is 23.1 Å². The number of piperidine rings is 1. The molecule has 26 heavy (non-hydrogen) atoms. The van der Waals surface area contributed by atoms with E-state index in [1.807, 2.05) is 0 Å². The lowest BCUT2D eigenvalue weighted by Gasteiger charge is -2.26. The minimum Gasteiger partial charge on any atom is -0.479 e. The number of nitrogens with zero attached hydrogens (tertiary/aromatic N) is 1. The van der Waals surface area contributed by atoms with Gasteiger partial charge >= 0.3 is 12.0 Å². The predicted octanol–water partition coefficient (Wildman–Crippen LogP) is 0.818. The first-order chi connectivity index (χ1) is 12.1. The molecule has 0 saturated carbocycles. The van der Waals surface area contributed by atoms with Crippen LogP contribution >= 0.6 is 0 Å². The second-order valence-electron chi connectivity index (χ2n) is 6.38. The topological polar surface area (TPSA) is 136 Å². The van der Waals surface area contributed by atoms with Crippen molar-refractivity contribution < 1.29 is 28.2 Å². The number of hydrogen-bond acceptors (Lipinski definition) is 5. The molecule has 1 atom stereocenters. The Morgan fingerprint density at radius 1 is 1.23 bits per heavy atom. The highest BCUT2D eigenvalue weighted by atomic mass is 32.2. The lowest BCUT2D eigenvalue weighted by molar-refractivity contribution is -0.155. The maximum atomic E-state index is 12.7. The van der Waals surface area contributed by atoms with Crippen LogP contribution in [0, 0.1) is 0 Å². The number of benzene rings is 1. The van der Waals surface area contributed by atoms with E-state index in [1.165, 1.54) is 28.6 Å². The number of amides is 2. The molecule has 2 amide bonds. The Kier molecular flexibility index (Phi) is 6.21. The van der Waals surface area contributed by atoms with Crippen LogP contribution in [0.5, 0.6) is 0 Å². The van der Waals surface area contributed by atoms with E-state index in [-0.39, 0.29) is 10.6 Å². The molecule has 1 heterocycles. The number of carbonyl (C=O) groups is 2. The van der Waals surface area contributed by atoms with Gasteiger partial charge in [-0.25, -0.2) is 18.0 Å². The SMILES string of the molecule is CC(O)(CNC(=O)Nc1cccc(S(=O)(=O)N2CCCCC2)c1)C(=O)O. The number of carboxylic acid groups (broad SMARTS) is 1. The number of urea groups is 1. The molecule has 4 N–H and O–H groups in total. The van der Waals surface area contributed by atoms with Gasteiger partial charge in [-0.1, -0.05) is 12.5 Å². The molecule has 0 aromatic heterocycles. The van der Waals surface area contributed by atoms with E-state index in [0.29, 0.717) is 13.1 Å². The molecule has 0 aliphatic carbocycles. The minimum absolute atomic E-state index is 0.0785. The van der Waals surface area contributed by atoms with Crippen LogP contribution in [0.4, 0.5) is 10.5 Å². The molecule has 1 aromatic rings. The Bertz CT molecular complexity index is 772. The molecule has 1 unspecified atom stereocenters. The average Bonchev–Trinajstić information content (AvgIpc) is 2.61. The summed E-state index contributed by atoms with van der Waals surface area (Å²) in [6.45, 7) is 1.51. The third kappa shape index (κ3) is 4.93. The molecule has 1 aliphatic heterocycles. The molecular formula is C16H23N3O6S. The van der Waals surface area contributed by atoms with E-state index in [4.69, 9.17) is 5.11 Å². The van der Waals surface area contributed by atoms with Crippen LogP contribution in [0.25, 0.3) is 0 Å². The molecule has 0 radical (unpaired) electrons. The first-order valence-electron chi connectivity index (χ1n) is 8.24. The van der Waals surface area contributed by atoms with Crippen molar-refractivity contribution in [3.63, 3.8) is 0 Å². The molecule has 144 valence electrons. The number of aliphatic hydroxyl groups is 1. The van der Waals surface area contributed by atoms with Crippen LogP contribution in [0.3, 0.4) is 0 Å². The normalized spacial score (nSPS) is 17.9. The van der Waals surface area contributed by atoms with E-state index in [2.05, 4.69) is 10.6 Å². The average molecular weight is 385 g/mol. The van der Waals surface area contributed by atoms with Crippen molar-refractivity contribution in [1.29, 1.82) is 0 Å². The van der Waals surface area contributed by atoms with Gasteiger partial charge in [-0.15, -0.1) is 0 Å². The van der Waals surface area contributed by atoms with Crippen molar-refractivity contribution >= 4 is 27.7 Å². The standard InChI is InChI=1S/C16H23N3O6S/c1-16(23,14(20)21)11-17-15(22)18-12-6-5-7-13(10-12)26(24,25)19-8-3-2-4-9-19/h5-7,10,23H,2-4,8-9,11H2,1H3,(H,20,21)(H2,17,18,22). The molecule has 1 aliphatic rings. The number of rotatable bonds is 6. The fourth-order valence-corrected chi connectivity index (χ4v) is 4.06. The maximum Gasteiger partial charge on any atom is 0.337 e. The molecule has 1 fully saturated rings. The van der Waals surface area contributed by atoms with E-state index >= 15 is 0 Å². The summed E-state index contributed by atoms with van der Waals surface area (Å²) in [6.07, 6.45) is 2.65. The van der Waals surface area contributed by atoms with E-state index in [1.54, 1.807) is 0 Å². The van der Waals surface area contributed by atoms with Crippen molar-refractivity contribution in [2.24, 2.45) is 0 Å². The zero-order valence-electron chi connectivity index (χ0n) is 14.4. The summed E-state index contributed by atoms with van der Waals surface area (Å²) < 4.78 is 26.7. The third-order valence-corrected chi connectivity index (χ3v) is 5.99. The lowest BCUT2D eigenvalue weighted by atomic mass is 10.1. The van der Waals surface area contributed by atoms with E-state index < -0.39 is 34.2 Å². The first kappa shape index (κ1) is 20.1. The smallest absolute Gasteiger partial charge is 0.337 e. The zero-order valence-corrected chi connectivity index (χ0v) is 15.3. The monoisotopic (exact) mass is 385 g/mol. The number of hydrogen-bond donors (Lipinski definition) is 4. The van der Waals surface area contributed by atoms with Gasteiger partial charge in [-0.05, 0) is 38.0 Å². The van der Waals surface area contributed by atoms with Gasteiger partial charge in [0.1, 0.15) is 0 Å². The highest BCUT2D eigenvalue weighted by molar-refractivity contribution is 7.89. The van der Waals surface area contributed by atoms with Crippen molar-refractivity contribution in [1.82, 2.24) is 9.62 Å². The largest absolute Gasteiger partial charge is 0.479 e. The van der Waals surface area contributed by atoms with Crippen LogP contribution in [0.1, 0.15) is 26.2 Å². The summed E-state index contributed by atoms with van der Waals surface area (Å²) in [5.41, 5.74) is -1.85. The number of carbonyl (C=O) groups excluding carboxylic acids is 1. The van der Waals surface area contributed by atoms with Gasteiger partial charge < -0.3 is 20.8 Å². The number of nitrogens with one attached hydrogen (secondary N) is 2. The molecule has 2 rings (SSSR count). The molecule has 1 saturated heterocycles. The van der Waals surface area contributed by atoms with Gasteiger partial charge in [0, 0.05) is 18.8 Å². The summed E-state index contributed by atoms with van der Waals surface area (Å²) in [7, 11) is -3.62. The van der Waals surface area contributed by atoms with Gasteiger partial charge in [-0.2, -0.15) is 4.31 Å². The van der Waals surface area contributed by atoms with Crippen molar-refractivity contribution in [3.05, 3.63) is 24.3 Å². The molecule has 9 nitrogen and oxygen atoms in total. The van der Waals surface area contributed by atoms with Crippen LogP contribution in [-0.4, -0.2) is 60.2 Å². The highest BCUT2D eigenvalue weighted by Gasteiger charge is 2.30. The quantitative estimate of drug-likeness (QED) is 0.572. The van der Waals surface area contributed by atoms with Crippen LogP contribution in [0.2, 0.25) is 0 Å². The zero-order chi connectivity index (χ0) is 19.4. The van der Waals surface area contributed by atoms with Gasteiger partial charge in [0.2, 0.25) is 10.0 Å². The second kappa shape index (κ2) is 8.02. The van der Waals surface area contributed by atoms with Crippen LogP contribution < -0.4 is 10.6 Å². The summed E-state index contributed by atoms with van der Waals surface area (Å²) in [6, 6.07) is 5.09. The summed E-state index contributed by atoms with van der Waals surface area (Å²) in [5, 5.41) is 23.0. The van der Waals surface area contributed by atoms with Gasteiger partial charge in [0.25, 0.3) is 0 Å². The molecule has 0 bridgehead atoms. The Morgan fingerprint density at radius 3 is 2.50 bits per heavy atom. The molecule has 1 aromatic carbocycles. The van der Waals surface area contributed by atoms with Crippen molar-refractivity contribution in [2.45, 2.75) is 36.7 Å². The van der Waals surface area contributed by atoms with Crippen molar-refractivity contribution in [3.8, 4) is 0 Å². The number of carboxylic acids is 1. The fourth-order valence-electron chi connectivity index (χ4n) is 2.49. The summed E-state index contributed by atoms with van der Waals surface area (Å²) in [5.74, 6) is -1.47. The first-order valence-corrected chi connectivity index (χ1v) is 9.68. The fraction of sp³-hybridized carbons (Fsp3) is 0.500. The maximum absolute atomic E-state index is 12.7. The molecule has 0 spiro atoms. The number of anilines is 1. The highest BCUT2D eigenvalue weighted by Crippen LogP contribution is 2.22. The van der Waals surface area contributed by atoms with Crippen LogP contribution in [-0.2, 0) is 14.8 Å². The minimum atomic E-state index is -3.62. The Hall–Kier alpha value is -2.17. The second-order valence-corrected chi connectivity index (χ2v) is 8.32. The summed E-state index contributed by atoms with van der Waals surface area (Å²) >= 11 is 0. The third-order valence-electron chi connectivity index (χ3n) is 4.10. The molecule has 10 heteroatoms.